The lowest BCUT2D eigenvalue weighted by atomic mass is 10.2. The van der Waals surface area contributed by atoms with Crippen molar-refractivity contribution in [1.82, 2.24) is 10.6 Å². The van der Waals surface area contributed by atoms with Crippen LogP contribution in [0, 0.1) is 5.82 Å². The van der Waals surface area contributed by atoms with E-state index in [0.29, 0.717) is 24.7 Å². The Balaban J connectivity index is 1.43. The normalized spacial score (nSPS) is 12.2. The average molecular weight is 424 g/mol. The van der Waals surface area contributed by atoms with Gasteiger partial charge in [0.25, 0.3) is 5.91 Å². The van der Waals surface area contributed by atoms with Gasteiger partial charge < -0.3 is 25.1 Å². The van der Waals surface area contributed by atoms with Gasteiger partial charge in [-0.3, -0.25) is 9.79 Å². The first-order valence-electron chi connectivity index (χ1n) is 9.84. The Kier molecular flexibility index (Phi) is 7.64. The van der Waals surface area contributed by atoms with Gasteiger partial charge in [0.2, 0.25) is 0 Å². The first kappa shape index (κ1) is 21.9. The van der Waals surface area contributed by atoms with Crippen molar-refractivity contribution >= 4 is 17.6 Å². The number of carbonyl (C=O) groups excluding carboxylic acids is 1. The van der Waals surface area contributed by atoms with Crippen LogP contribution in [0.3, 0.4) is 0 Å². The van der Waals surface area contributed by atoms with E-state index in [2.05, 4.69) is 20.9 Å². The van der Waals surface area contributed by atoms with Crippen molar-refractivity contribution in [3.63, 3.8) is 0 Å². The predicted molar refractivity (Wildman–Crippen MR) is 118 cm³/mol. The number of carbonyl (C=O) groups is 1. The van der Waals surface area contributed by atoms with Crippen LogP contribution in [0.5, 0.6) is 5.75 Å². The number of halogens is 1. The highest BCUT2D eigenvalue weighted by molar-refractivity contribution is 6.02. The van der Waals surface area contributed by atoms with E-state index in [1.54, 1.807) is 37.4 Å². The van der Waals surface area contributed by atoms with Gasteiger partial charge in [0.15, 0.2) is 23.3 Å². The van der Waals surface area contributed by atoms with Gasteiger partial charge in [-0.15, -0.1) is 0 Å². The molecule has 1 amide bonds. The Bertz CT molecular complexity index is 1000. The van der Waals surface area contributed by atoms with Crippen molar-refractivity contribution in [1.29, 1.82) is 0 Å². The molecule has 3 rings (SSSR count). The first-order chi connectivity index (χ1) is 15.0. The summed E-state index contributed by atoms with van der Waals surface area (Å²) in [5.41, 5.74) is 1.68. The summed E-state index contributed by atoms with van der Waals surface area (Å²) in [7, 11) is 1.67. The second-order valence-corrected chi connectivity index (χ2v) is 6.79. The minimum atomic E-state index is -0.388. The maximum atomic E-state index is 13.7. The fourth-order valence-electron chi connectivity index (χ4n) is 2.75. The molecule has 0 bridgehead atoms. The zero-order valence-electron chi connectivity index (χ0n) is 17.4. The molecule has 8 heteroatoms. The molecule has 0 fully saturated rings. The first-order valence-corrected chi connectivity index (χ1v) is 9.84. The third-order valence-electron chi connectivity index (χ3n) is 4.36. The molecule has 0 radical (unpaired) electrons. The Morgan fingerprint density at radius 2 is 1.87 bits per heavy atom. The second kappa shape index (κ2) is 10.8. The molecule has 1 heterocycles. The number of hydrogen-bond acceptors (Lipinski definition) is 4. The van der Waals surface area contributed by atoms with Gasteiger partial charge in [0, 0.05) is 19.3 Å². The summed E-state index contributed by atoms with van der Waals surface area (Å²) < 4.78 is 24.4. The lowest BCUT2D eigenvalue weighted by Gasteiger charge is -2.18. The number of amides is 1. The average Bonchev–Trinajstić information content (AvgIpc) is 3.32. The number of nitrogens with one attached hydrogen (secondary N) is 3. The largest absolute Gasteiger partial charge is 0.486 e. The van der Waals surface area contributed by atoms with Crippen molar-refractivity contribution < 1.29 is 18.3 Å². The fraction of sp³-hybridized carbons (Fsp3) is 0.217. The van der Waals surface area contributed by atoms with Crippen LogP contribution in [0.25, 0.3) is 0 Å². The maximum Gasteiger partial charge on any atom is 0.291 e. The molecule has 0 aliphatic rings. The van der Waals surface area contributed by atoms with Gasteiger partial charge in [0.05, 0.1) is 12.8 Å². The molecular weight excluding hydrogens is 399 g/mol. The quantitative estimate of drug-likeness (QED) is 0.378. The maximum absolute atomic E-state index is 13.7. The number of benzene rings is 2. The third-order valence-corrected chi connectivity index (χ3v) is 4.36. The lowest BCUT2D eigenvalue weighted by molar-refractivity contribution is 0.0996. The lowest BCUT2D eigenvalue weighted by Crippen LogP contribution is -2.41. The molecule has 0 saturated carbocycles. The van der Waals surface area contributed by atoms with E-state index in [-0.39, 0.29) is 29.3 Å². The highest BCUT2D eigenvalue weighted by Gasteiger charge is 2.10. The highest BCUT2D eigenvalue weighted by atomic mass is 19.1. The van der Waals surface area contributed by atoms with Crippen molar-refractivity contribution in [3.8, 4) is 5.75 Å². The standard InChI is InChI=1S/C23H25FN4O3/c1-16(31-20-7-4-3-6-19(20)24)14-26-23(25-2)27-15-17-9-11-18(12-10-17)28-22(29)21-8-5-13-30-21/h3-13,16H,14-15H2,1-2H3,(H,28,29)(H2,25,26,27). The van der Waals surface area contributed by atoms with Crippen molar-refractivity contribution in [3.05, 3.63) is 84.1 Å². The molecule has 3 aromatic rings. The monoisotopic (exact) mass is 424 g/mol. The molecule has 0 aliphatic carbocycles. The van der Waals surface area contributed by atoms with Gasteiger partial charge in [-0.05, 0) is 48.9 Å². The number of aliphatic imine (C=N–C) groups is 1. The molecule has 1 aromatic heterocycles. The van der Waals surface area contributed by atoms with Gasteiger partial charge in [-0.2, -0.15) is 0 Å². The summed E-state index contributed by atoms with van der Waals surface area (Å²) in [6.45, 7) is 2.84. The van der Waals surface area contributed by atoms with E-state index < -0.39 is 0 Å². The Morgan fingerprint density at radius 3 is 2.55 bits per heavy atom. The summed E-state index contributed by atoms with van der Waals surface area (Å²) in [6, 6.07) is 17.0. The topological polar surface area (TPSA) is 87.9 Å². The molecule has 7 nitrogen and oxygen atoms in total. The van der Waals surface area contributed by atoms with Gasteiger partial charge in [0.1, 0.15) is 6.10 Å². The predicted octanol–water partition coefficient (Wildman–Crippen LogP) is 3.80. The summed E-state index contributed by atoms with van der Waals surface area (Å²) in [5.74, 6) is 0.389. The number of rotatable bonds is 8. The molecule has 31 heavy (non-hydrogen) atoms. The Morgan fingerprint density at radius 1 is 1.10 bits per heavy atom. The highest BCUT2D eigenvalue weighted by Crippen LogP contribution is 2.16. The minimum Gasteiger partial charge on any atom is -0.486 e. The van der Waals surface area contributed by atoms with Crippen LogP contribution in [0.15, 0.2) is 76.3 Å². The van der Waals surface area contributed by atoms with E-state index in [4.69, 9.17) is 9.15 Å². The smallest absolute Gasteiger partial charge is 0.291 e. The molecule has 3 N–H and O–H groups in total. The van der Waals surface area contributed by atoms with E-state index >= 15 is 0 Å². The van der Waals surface area contributed by atoms with Crippen LogP contribution >= 0.6 is 0 Å². The van der Waals surface area contributed by atoms with Crippen LogP contribution in [-0.2, 0) is 6.54 Å². The number of furan rings is 1. The summed E-state index contributed by atoms with van der Waals surface area (Å²) in [4.78, 5) is 16.2. The van der Waals surface area contributed by atoms with Gasteiger partial charge >= 0.3 is 0 Å². The Hall–Kier alpha value is -3.81. The number of hydrogen-bond donors (Lipinski definition) is 3. The summed E-state index contributed by atoms with van der Waals surface area (Å²) >= 11 is 0. The molecule has 1 unspecified atom stereocenters. The van der Waals surface area contributed by atoms with Crippen LogP contribution in [-0.4, -0.2) is 31.6 Å². The number of ether oxygens (including phenoxy) is 1. The van der Waals surface area contributed by atoms with Crippen LogP contribution < -0.4 is 20.7 Å². The molecule has 0 saturated heterocycles. The SMILES string of the molecule is CN=C(NCc1ccc(NC(=O)c2ccco2)cc1)NCC(C)Oc1ccccc1F. The van der Waals surface area contributed by atoms with Gasteiger partial charge in [-0.1, -0.05) is 24.3 Å². The van der Waals surface area contributed by atoms with E-state index in [0.717, 1.165) is 5.56 Å². The molecule has 2 aromatic carbocycles. The van der Waals surface area contributed by atoms with E-state index in [1.807, 2.05) is 31.2 Å². The van der Waals surface area contributed by atoms with E-state index in [1.165, 1.54) is 12.3 Å². The minimum absolute atomic E-state index is 0.221. The molecule has 1 atom stereocenters. The van der Waals surface area contributed by atoms with Crippen molar-refractivity contribution in [2.45, 2.75) is 19.6 Å². The second-order valence-electron chi connectivity index (χ2n) is 6.79. The molecular formula is C23H25FN4O3. The fourth-order valence-corrected chi connectivity index (χ4v) is 2.75. The van der Waals surface area contributed by atoms with Gasteiger partial charge in [-0.25, -0.2) is 4.39 Å². The molecule has 162 valence electrons. The molecule has 0 spiro atoms. The summed E-state index contributed by atoms with van der Waals surface area (Å²) in [6.07, 6.45) is 1.20. The summed E-state index contributed by atoms with van der Waals surface area (Å²) in [5, 5.41) is 9.14. The van der Waals surface area contributed by atoms with Crippen molar-refractivity contribution in [2.24, 2.45) is 4.99 Å². The third kappa shape index (κ3) is 6.60. The van der Waals surface area contributed by atoms with Crippen LogP contribution in [0.1, 0.15) is 23.0 Å². The number of para-hydroxylation sites is 1. The number of guanidine groups is 1. The van der Waals surface area contributed by atoms with E-state index in [9.17, 15) is 9.18 Å². The zero-order chi connectivity index (χ0) is 22.1. The number of anilines is 1. The van der Waals surface area contributed by atoms with Crippen LogP contribution in [0.2, 0.25) is 0 Å². The number of nitrogens with zero attached hydrogens (tertiary/aromatic N) is 1. The zero-order valence-corrected chi connectivity index (χ0v) is 17.4. The van der Waals surface area contributed by atoms with Crippen molar-refractivity contribution in [2.75, 3.05) is 18.9 Å². The Labute approximate surface area is 180 Å². The van der Waals surface area contributed by atoms with Crippen LogP contribution in [0.4, 0.5) is 10.1 Å². The molecule has 0 aliphatic heterocycles.